The number of nitrogens with zero attached hydrogens (tertiary/aromatic N) is 1. The summed E-state index contributed by atoms with van der Waals surface area (Å²) in [6.45, 7) is 3.72. The maximum absolute atomic E-state index is 11.8. The van der Waals surface area contributed by atoms with Gasteiger partial charge in [0.1, 0.15) is 0 Å². The van der Waals surface area contributed by atoms with Crippen molar-refractivity contribution in [2.24, 2.45) is 5.73 Å². The van der Waals surface area contributed by atoms with Gasteiger partial charge in [-0.15, -0.1) is 0 Å². The summed E-state index contributed by atoms with van der Waals surface area (Å²) < 4.78 is 11.8. The third-order valence-electron chi connectivity index (χ3n) is 1.92. The van der Waals surface area contributed by atoms with Crippen LogP contribution in [0.1, 0.15) is 25.0 Å². The highest BCUT2D eigenvalue weighted by atomic mass is 32.2. The minimum atomic E-state index is -0.985. The lowest BCUT2D eigenvalue weighted by Gasteiger charge is -2.17. The molecule has 0 aliphatic carbocycles. The van der Waals surface area contributed by atoms with Gasteiger partial charge < -0.3 is 5.73 Å². The zero-order valence-corrected chi connectivity index (χ0v) is 10.4. The number of nitrogens with two attached hydrogens (primary N) is 1. The molecule has 1 aromatic carbocycles. The van der Waals surface area contributed by atoms with Gasteiger partial charge >= 0.3 is 0 Å². The Labute approximate surface area is 98.7 Å². The molecule has 0 saturated heterocycles. The number of hydrogen-bond donors (Lipinski definition) is 1. The Morgan fingerprint density at radius 1 is 1.50 bits per heavy atom. The van der Waals surface area contributed by atoms with Gasteiger partial charge in [0.15, 0.2) is 0 Å². The highest BCUT2D eigenvalue weighted by molar-refractivity contribution is 7.84. The van der Waals surface area contributed by atoms with E-state index in [-0.39, 0.29) is 0 Å². The number of nitriles is 1. The first kappa shape index (κ1) is 12.9. The van der Waals surface area contributed by atoms with Crippen LogP contribution in [0.4, 0.5) is 0 Å². The van der Waals surface area contributed by atoms with Gasteiger partial charge in [-0.25, -0.2) is 0 Å². The van der Waals surface area contributed by atoms with Crippen LogP contribution in [0.2, 0.25) is 0 Å². The molecule has 1 aromatic rings. The van der Waals surface area contributed by atoms with Crippen LogP contribution in [-0.2, 0) is 16.6 Å². The van der Waals surface area contributed by atoms with E-state index in [2.05, 4.69) is 6.07 Å². The Kier molecular flexibility index (Phi) is 4.22. The Balaban J connectivity index is 2.67. The van der Waals surface area contributed by atoms with Crippen LogP contribution in [0.5, 0.6) is 0 Å². The minimum Gasteiger partial charge on any atom is -0.325 e. The van der Waals surface area contributed by atoms with Crippen LogP contribution in [0.25, 0.3) is 0 Å². The van der Waals surface area contributed by atoms with Crippen LogP contribution in [0.3, 0.4) is 0 Å². The molecule has 0 aromatic heterocycles. The monoisotopic (exact) mass is 236 g/mol. The summed E-state index contributed by atoms with van der Waals surface area (Å²) in [6, 6.07) is 9.25. The van der Waals surface area contributed by atoms with Crippen LogP contribution in [0.15, 0.2) is 24.3 Å². The van der Waals surface area contributed by atoms with Crippen molar-refractivity contribution >= 4 is 10.8 Å². The number of hydrogen-bond acceptors (Lipinski definition) is 3. The van der Waals surface area contributed by atoms with Crippen molar-refractivity contribution in [1.29, 1.82) is 5.26 Å². The van der Waals surface area contributed by atoms with Crippen molar-refractivity contribution in [2.75, 3.05) is 5.75 Å². The SMILES string of the molecule is CC(C)(N)CS(=O)Cc1cccc(C#N)c1. The second kappa shape index (κ2) is 5.24. The van der Waals surface area contributed by atoms with Gasteiger partial charge in [-0.1, -0.05) is 12.1 Å². The van der Waals surface area contributed by atoms with E-state index in [9.17, 15) is 4.21 Å². The fraction of sp³-hybridized carbons (Fsp3) is 0.417. The molecule has 1 rings (SSSR count). The van der Waals surface area contributed by atoms with Gasteiger partial charge in [0.25, 0.3) is 0 Å². The molecule has 0 radical (unpaired) electrons. The molecule has 0 fully saturated rings. The molecular weight excluding hydrogens is 220 g/mol. The zero-order chi connectivity index (χ0) is 12.2. The van der Waals surface area contributed by atoms with Crippen LogP contribution in [0, 0.1) is 11.3 Å². The summed E-state index contributed by atoms with van der Waals surface area (Å²) in [5.74, 6) is 0.917. The molecule has 86 valence electrons. The van der Waals surface area contributed by atoms with E-state index in [0.717, 1.165) is 5.56 Å². The topological polar surface area (TPSA) is 66.9 Å². The average molecular weight is 236 g/mol. The average Bonchev–Trinajstić information content (AvgIpc) is 2.15. The maximum Gasteiger partial charge on any atom is 0.0991 e. The van der Waals surface area contributed by atoms with Crippen molar-refractivity contribution < 1.29 is 4.21 Å². The lowest BCUT2D eigenvalue weighted by atomic mass is 10.1. The summed E-state index contributed by atoms with van der Waals surface area (Å²) in [7, 11) is -0.985. The summed E-state index contributed by atoms with van der Waals surface area (Å²) >= 11 is 0. The van der Waals surface area contributed by atoms with E-state index in [0.29, 0.717) is 17.1 Å². The Bertz CT molecular complexity index is 429. The predicted octanol–water partition coefficient (Wildman–Crippen LogP) is 1.54. The van der Waals surface area contributed by atoms with E-state index in [1.807, 2.05) is 19.9 Å². The molecule has 0 bridgehead atoms. The fourth-order valence-electron chi connectivity index (χ4n) is 1.38. The molecule has 2 N–H and O–H groups in total. The first-order chi connectivity index (χ1) is 7.40. The molecule has 0 saturated carbocycles. The highest BCUT2D eigenvalue weighted by Crippen LogP contribution is 2.09. The molecular formula is C12H16N2OS. The Hall–Kier alpha value is -1.18. The van der Waals surface area contributed by atoms with Gasteiger partial charge in [-0.05, 0) is 31.5 Å². The lowest BCUT2D eigenvalue weighted by molar-refractivity contribution is 0.577. The van der Waals surface area contributed by atoms with Gasteiger partial charge in [-0.3, -0.25) is 4.21 Å². The van der Waals surface area contributed by atoms with E-state index < -0.39 is 16.3 Å². The summed E-state index contributed by atoms with van der Waals surface area (Å²) in [6.07, 6.45) is 0. The first-order valence-electron chi connectivity index (χ1n) is 5.03. The summed E-state index contributed by atoms with van der Waals surface area (Å²) in [4.78, 5) is 0. The zero-order valence-electron chi connectivity index (χ0n) is 9.56. The van der Waals surface area contributed by atoms with Gasteiger partial charge in [0.05, 0.1) is 11.6 Å². The molecule has 3 nitrogen and oxygen atoms in total. The first-order valence-corrected chi connectivity index (χ1v) is 6.52. The molecule has 0 spiro atoms. The number of rotatable bonds is 4. The molecule has 0 aliphatic rings. The molecule has 0 amide bonds. The normalized spacial score (nSPS) is 13.1. The molecule has 16 heavy (non-hydrogen) atoms. The van der Waals surface area contributed by atoms with Crippen LogP contribution in [-0.4, -0.2) is 15.5 Å². The van der Waals surface area contributed by atoms with Gasteiger partial charge in [0, 0.05) is 27.8 Å². The minimum absolute atomic E-state index is 0.419. The van der Waals surface area contributed by atoms with Crippen molar-refractivity contribution in [3.05, 3.63) is 35.4 Å². The van der Waals surface area contributed by atoms with E-state index in [1.165, 1.54) is 0 Å². The number of benzene rings is 1. The van der Waals surface area contributed by atoms with Crippen molar-refractivity contribution in [3.8, 4) is 6.07 Å². The second-order valence-electron chi connectivity index (χ2n) is 4.53. The second-order valence-corrected chi connectivity index (χ2v) is 5.99. The third-order valence-corrected chi connectivity index (χ3v) is 3.64. The smallest absolute Gasteiger partial charge is 0.0991 e. The van der Waals surface area contributed by atoms with E-state index in [1.54, 1.807) is 18.2 Å². The largest absolute Gasteiger partial charge is 0.325 e. The van der Waals surface area contributed by atoms with Crippen molar-refractivity contribution in [1.82, 2.24) is 0 Å². The Morgan fingerprint density at radius 3 is 2.75 bits per heavy atom. The molecule has 0 heterocycles. The summed E-state index contributed by atoms with van der Waals surface area (Å²) in [5.41, 5.74) is 6.90. The molecule has 0 aliphatic heterocycles. The van der Waals surface area contributed by atoms with E-state index >= 15 is 0 Å². The van der Waals surface area contributed by atoms with Crippen LogP contribution >= 0.6 is 0 Å². The predicted molar refractivity (Wildman–Crippen MR) is 66.1 cm³/mol. The molecule has 1 atom stereocenters. The standard InChI is InChI=1S/C12H16N2OS/c1-12(2,14)9-16(15)8-11-5-3-4-10(6-11)7-13/h3-6H,8-9,14H2,1-2H3. The quantitative estimate of drug-likeness (QED) is 0.862. The fourth-order valence-corrected chi connectivity index (χ4v) is 2.87. The summed E-state index contributed by atoms with van der Waals surface area (Å²) in [5, 5.41) is 8.74. The highest BCUT2D eigenvalue weighted by Gasteiger charge is 2.15. The van der Waals surface area contributed by atoms with Crippen molar-refractivity contribution in [2.45, 2.75) is 25.1 Å². The van der Waals surface area contributed by atoms with Gasteiger partial charge in [-0.2, -0.15) is 5.26 Å². The maximum atomic E-state index is 11.8. The third kappa shape index (κ3) is 4.56. The van der Waals surface area contributed by atoms with E-state index in [4.69, 9.17) is 11.0 Å². The molecule has 1 unspecified atom stereocenters. The lowest BCUT2D eigenvalue weighted by Crippen LogP contribution is -2.38. The molecule has 4 heteroatoms. The van der Waals surface area contributed by atoms with Crippen LogP contribution < -0.4 is 5.73 Å². The van der Waals surface area contributed by atoms with Crippen molar-refractivity contribution in [3.63, 3.8) is 0 Å². The van der Waals surface area contributed by atoms with Gasteiger partial charge in [0.2, 0.25) is 0 Å². The Morgan fingerprint density at radius 2 is 2.19 bits per heavy atom.